The Hall–Kier alpha value is -2.55. The van der Waals surface area contributed by atoms with Crippen molar-refractivity contribution in [2.45, 2.75) is 145 Å². The van der Waals surface area contributed by atoms with E-state index in [-0.39, 0.29) is 18.8 Å². The molecule has 2 saturated carbocycles. The number of allylic oxidation sites excluding steroid dienone is 5. The first-order valence-electron chi connectivity index (χ1n) is 18.3. The molecule has 0 aliphatic heterocycles. The molecule has 0 heterocycles. The number of hydrogen-bond donors (Lipinski definition) is 2. The average Bonchev–Trinajstić information content (AvgIpc) is 2.96. The Kier molecular flexibility index (Phi) is 12.7. The molecule has 3 nitrogen and oxygen atoms in total. The van der Waals surface area contributed by atoms with Gasteiger partial charge in [-0.2, -0.15) is 0 Å². The molecule has 1 aromatic carbocycles. The summed E-state index contributed by atoms with van der Waals surface area (Å²) < 4.78 is 0. The minimum atomic E-state index is 0. The van der Waals surface area contributed by atoms with Crippen molar-refractivity contribution in [1.82, 2.24) is 0 Å². The molecule has 3 heteroatoms. The van der Waals surface area contributed by atoms with Gasteiger partial charge in [-0.05, 0) is 147 Å². The van der Waals surface area contributed by atoms with E-state index in [9.17, 15) is 4.79 Å². The van der Waals surface area contributed by atoms with E-state index in [0.717, 1.165) is 30.9 Å². The van der Waals surface area contributed by atoms with Crippen LogP contribution in [-0.2, 0) is 23.1 Å². The smallest absolute Gasteiger partial charge is 0.133 e. The van der Waals surface area contributed by atoms with Crippen molar-refractivity contribution in [2.75, 3.05) is 0 Å². The Morgan fingerprint density at radius 2 is 1.66 bits per heavy atom. The highest BCUT2D eigenvalue weighted by Gasteiger charge is 2.50. The quantitative estimate of drug-likeness (QED) is 0.345. The SMILES string of the molecule is C.C=C(N)C1CCCC2(C)C3=C(CCC(C)=C3)CCC12.C=CN.CC(=O)C1CC(C)CC2(C)c3cc(CC(C)(C)C)ccc3CCC12. The Labute approximate surface area is 289 Å². The number of fused-ring (bicyclic) bond motifs is 5. The van der Waals surface area contributed by atoms with Crippen LogP contribution in [-0.4, -0.2) is 5.78 Å². The lowest BCUT2D eigenvalue weighted by Crippen LogP contribution is -2.48. The Bertz CT molecular complexity index is 1360. The monoisotopic (exact) mass is 643 g/mol. The van der Waals surface area contributed by atoms with Gasteiger partial charge in [0, 0.05) is 17.5 Å². The zero-order valence-electron chi connectivity index (χ0n) is 30.7. The van der Waals surface area contributed by atoms with E-state index in [1.165, 1.54) is 75.1 Å². The summed E-state index contributed by atoms with van der Waals surface area (Å²) in [5.41, 5.74) is 22.0. The first-order chi connectivity index (χ1) is 21.5. The van der Waals surface area contributed by atoms with E-state index in [4.69, 9.17) is 5.73 Å². The fourth-order valence-electron chi connectivity index (χ4n) is 10.6. The molecule has 7 unspecified atom stereocenters. The van der Waals surface area contributed by atoms with Crippen molar-refractivity contribution in [3.8, 4) is 0 Å². The van der Waals surface area contributed by atoms with Gasteiger partial charge < -0.3 is 11.5 Å². The van der Waals surface area contributed by atoms with Crippen LogP contribution in [0.25, 0.3) is 0 Å². The van der Waals surface area contributed by atoms with E-state index in [1.54, 1.807) is 22.3 Å². The molecule has 262 valence electrons. The first kappa shape index (κ1) is 38.9. The van der Waals surface area contributed by atoms with Crippen molar-refractivity contribution in [2.24, 2.45) is 51.9 Å². The molecule has 0 amide bonds. The van der Waals surface area contributed by atoms with Gasteiger partial charge in [-0.15, -0.1) is 0 Å². The third-order valence-corrected chi connectivity index (χ3v) is 12.5. The second kappa shape index (κ2) is 15.3. The zero-order valence-corrected chi connectivity index (χ0v) is 30.7. The van der Waals surface area contributed by atoms with Crippen molar-refractivity contribution < 1.29 is 4.79 Å². The van der Waals surface area contributed by atoms with Gasteiger partial charge in [-0.3, -0.25) is 4.79 Å². The minimum absolute atomic E-state index is 0. The largest absolute Gasteiger partial charge is 0.405 e. The van der Waals surface area contributed by atoms with Gasteiger partial charge in [-0.25, -0.2) is 0 Å². The number of benzene rings is 1. The average molecular weight is 643 g/mol. The molecule has 2 fully saturated rings. The van der Waals surface area contributed by atoms with Crippen LogP contribution in [0.5, 0.6) is 0 Å². The van der Waals surface area contributed by atoms with Gasteiger partial charge in [-0.1, -0.05) is 104 Å². The molecule has 6 rings (SSSR count). The normalized spacial score (nSPS) is 32.5. The maximum atomic E-state index is 12.3. The lowest BCUT2D eigenvalue weighted by Gasteiger charge is -2.52. The molecule has 4 N–H and O–H groups in total. The van der Waals surface area contributed by atoms with Crippen LogP contribution in [0.15, 0.2) is 66.0 Å². The number of aryl methyl sites for hydroxylation is 1. The summed E-state index contributed by atoms with van der Waals surface area (Å²) in [6, 6.07) is 7.20. The summed E-state index contributed by atoms with van der Waals surface area (Å²) in [6.07, 6.45) is 18.6. The predicted molar refractivity (Wildman–Crippen MR) is 204 cm³/mol. The van der Waals surface area contributed by atoms with Crippen molar-refractivity contribution >= 4 is 5.78 Å². The van der Waals surface area contributed by atoms with Gasteiger partial charge in [0.2, 0.25) is 0 Å². The summed E-state index contributed by atoms with van der Waals surface area (Å²) in [6.45, 7) is 25.5. The van der Waals surface area contributed by atoms with Gasteiger partial charge in [0.15, 0.2) is 0 Å². The molecule has 47 heavy (non-hydrogen) atoms. The molecule has 0 aromatic heterocycles. The lowest BCUT2D eigenvalue weighted by atomic mass is 9.52. The Morgan fingerprint density at radius 3 is 2.28 bits per heavy atom. The summed E-state index contributed by atoms with van der Waals surface area (Å²) in [4.78, 5) is 12.3. The highest BCUT2D eigenvalue weighted by molar-refractivity contribution is 5.79. The van der Waals surface area contributed by atoms with E-state index in [2.05, 4.69) is 91.6 Å². The Morgan fingerprint density at radius 1 is 1.02 bits per heavy atom. The molecule has 5 aliphatic carbocycles. The third kappa shape index (κ3) is 8.37. The molecule has 7 atom stereocenters. The maximum absolute atomic E-state index is 12.3. The molecular weight excluding hydrogens is 572 g/mol. The van der Waals surface area contributed by atoms with Gasteiger partial charge >= 0.3 is 0 Å². The van der Waals surface area contributed by atoms with Crippen LogP contribution in [0.3, 0.4) is 0 Å². The summed E-state index contributed by atoms with van der Waals surface area (Å²) in [5, 5.41) is 0. The van der Waals surface area contributed by atoms with Crippen molar-refractivity contribution in [3.63, 3.8) is 0 Å². The van der Waals surface area contributed by atoms with E-state index in [0.29, 0.717) is 34.4 Å². The van der Waals surface area contributed by atoms with E-state index in [1.807, 2.05) is 6.92 Å². The second-order valence-corrected chi connectivity index (χ2v) is 17.4. The number of carbonyl (C=O) groups excluding carboxylic acids is 1. The lowest BCUT2D eigenvalue weighted by molar-refractivity contribution is -0.126. The highest BCUT2D eigenvalue weighted by atomic mass is 16.1. The van der Waals surface area contributed by atoms with Crippen LogP contribution < -0.4 is 11.5 Å². The predicted octanol–water partition coefficient (Wildman–Crippen LogP) is 11.2. The third-order valence-electron chi connectivity index (χ3n) is 12.5. The standard InChI is InChI=1S/C23H34O.C18H27N.C2H5N.CH4/c1-15-11-19(16(2)24)20-10-9-18-8-7-17(14-22(3,4)5)12-21(18)23(20,6)13-15;1-12-6-7-14-8-9-16-15(13(2)19)5-4-10-18(16,3)17(14)11-12;1-2-3;/h7-8,12,15,19-20H,9-11,13-14H2,1-6H3;11,15-16H,2,4-10,19H2,1,3H3;2H,1,3H2;1H4. The van der Waals surface area contributed by atoms with Crippen LogP contribution >= 0.6 is 0 Å². The van der Waals surface area contributed by atoms with Gasteiger partial charge in [0.25, 0.3) is 0 Å². The summed E-state index contributed by atoms with van der Waals surface area (Å²) in [7, 11) is 0. The second-order valence-electron chi connectivity index (χ2n) is 17.4. The van der Waals surface area contributed by atoms with Crippen molar-refractivity contribution in [1.29, 1.82) is 0 Å². The van der Waals surface area contributed by atoms with Crippen LogP contribution in [0.4, 0.5) is 0 Å². The topological polar surface area (TPSA) is 69.1 Å². The summed E-state index contributed by atoms with van der Waals surface area (Å²) in [5.74, 6) is 3.11. The number of carbonyl (C=O) groups is 1. The zero-order chi connectivity index (χ0) is 34.0. The number of hydrogen-bond acceptors (Lipinski definition) is 3. The van der Waals surface area contributed by atoms with E-state index < -0.39 is 0 Å². The molecular formula is C44H70N2O. The van der Waals surface area contributed by atoms with E-state index >= 15 is 0 Å². The number of nitrogens with two attached hydrogens (primary N) is 2. The maximum Gasteiger partial charge on any atom is 0.133 e. The Balaban J connectivity index is 0.000000236. The molecule has 0 bridgehead atoms. The molecule has 0 saturated heterocycles. The molecule has 0 radical (unpaired) electrons. The van der Waals surface area contributed by atoms with Gasteiger partial charge in [0.05, 0.1) is 0 Å². The first-order valence-corrected chi connectivity index (χ1v) is 18.3. The minimum Gasteiger partial charge on any atom is -0.405 e. The van der Waals surface area contributed by atoms with Crippen LogP contribution in [0.1, 0.15) is 144 Å². The fourth-order valence-corrected chi connectivity index (χ4v) is 10.6. The van der Waals surface area contributed by atoms with Crippen LogP contribution in [0, 0.1) is 40.4 Å². The van der Waals surface area contributed by atoms with Gasteiger partial charge in [0.1, 0.15) is 5.78 Å². The van der Waals surface area contributed by atoms with Crippen molar-refractivity contribution in [3.05, 3.63) is 82.7 Å². The number of ketones is 1. The molecule has 5 aliphatic rings. The van der Waals surface area contributed by atoms with Crippen LogP contribution in [0.2, 0.25) is 0 Å². The highest BCUT2D eigenvalue weighted by Crippen LogP contribution is 2.58. The number of Topliss-reactive ketones (excluding diaryl/α,β-unsaturated/α-hetero) is 1. The fraction of sp³-hybridized carbons (Fsp3) is 0.659. The number of rotatable bonds is 3. The molecule has 0 spiro atoms. The summed E-state index contributed by atoms with van der Waals surface area (Å²) >= 11 is 0. The molecule has 1 aromatic rings.